The molecule has 2 nitrogen and oxygen atoms in total. The molecule has 1 aliphatic rings. The van der Waals surface area contributed by atoms with E-state index in [1.54, 1.807) is 6.07 Å². The number of phenolic OH excluding ortho intramolecular Hbond substituents is 1. The molecule has 24 heavy (non-hydrogen) atoms. The minimum absolute atomic E-state index is 0.278. The molecule has 0 spiro atoms. The number of aryl methyl sites for hydroxylation is 2. The summed E-state index contributed by atoms with van der Waals surface area (Å²) in [5.74, 6) is 1.13. The van der Waals surface area contributed by atoms with Gasteiger partial charge in [-0.1, -0.05) is 24.3 Å². The van der Waals surface area contributed by atoms with E-state index in [-0.39, 0.29) is 5.75 Å². The molecule has 0 aliphatic heterocycles. The highest BCUT2D eigenvalue weighted by atomic mass is 79.9. The molecule has 3 heteroatoms. The Hall–Kier alpha value is -2.00. The molecule has 0 bridgehead atoms. The van der Waals surface area contributed by atoms with Gasteiger partial charge in [0, 0.05) is 5.56 Å². The van der Waals surface area contributed by atoms with E-state index in [2.05, 4.69) is 41.6 Å². The fraction of sp³-hybridized carbons (Fsp3) is 0.238. The van der Waals surface area contributed by atoms with E-state index in [1.807, 2.05) is 25.1 Å². The fourth-order valence-corrected chi connectivity index (χ4v) is 3.89. The standard InChI is InChI=1S/C21H21BrO2/c1-4-5-15-8-9-17-18(15)11-14(3)21(20(17)22)24-12-16-7-6-13(2)10-19(16)23/h4,6-8,10-11,23H,1,5,9,12H2,2-3H3. The van der Waals surface area contributed by atoms with Crippen molar-refractivity contribution in [2.45, 2.75) is 33.3 Å². The lowest BCUT2D eigenvalue weighted by atomic mass is 10.00. The average Bonchev–Trinajstić information content (AvgIpc) is 2.92. The maximum Gasteiger partial charge on any atom is 0.137 e. The van der Waals surface area contributed by atoms with Crippen LogP contribution in [0, 0.1) is 13.8 Å². The van der Waals surface area contributed by atoms with E-state index in [4.69, 9.17) is 4.74 Å². The van der Waals surface area contributed by atoms with Crippen LogP contribution in [0.25, 0.3) is 5.57 Å². The van der Waals surface area contributed by atoms with E-state index in [1.165, 1.54) is 16.7 Å². The second-order valence-corrected chi connectivity index (χ2v) is 7.00. The smallest absolute Gasteiger partial charge is 0.137 e. The summed E-state index contributed by atoms with van der Waals surface area (Å²) >= 11 is 3.72. The molecule has 0 heterocycles. The van der Waals surface area contributed by atoms with Crippen molar-refractivity contribution in [2.75, 3.05) is 0 Å². The molecule has 2 aromatic rings. The summed E-state index contributed by atoms with van der Waals surface area (Å²) in [6.07, 6.45) is 5.99. The van der Waals surface area contributed by atoms with E-state index in [9.17, 15) is 5.11 Å². The number of hydrogen-bond acceptors (Lipinski definition) is 2. The van der Waals surface area contributed by atoms with E-state index >= 15 is 0 Å². The number of ether oxygens (including phenoxy) is 1. The molecule has 1 aliphatic carbocycles. The third-order valence-electron chi connectivity index (χ3n) is 4.38. The normalized spacial score (nSPS) is 12.7. The largest absolute Gasteiger partial charge is 0.508 e. The summed E-state index contributed by atoms with van der Waals surface area (Å²) in [4.78, 5) is 0. The summed E-state index contributed by atoms with van der Waals surface area (Å²) in [7, 11) is 0. The lowest BCUT2D eigenvalue weighted by Gasteiger charge is -2.16. The van der Waals surface area contributed by atoms with Crippen molar-refractivity contribution in [3.05, 3.63) is 75.3 Å². The molecule has 0 unspecified atom stereocenters. The maximum absolute atomic E-state index is 10.0. The first-order chi connectivity index (χ1) is 11.5. The third-order valence-corrected chi connectivity index (χ3v) is 5.22. The Morgan fingerprint density at radius 2 is 2.08 bits per heavy atom. The molecular formula is C21H21BrO2. The van der Waals surface area contributed by atoms with Crippen LogP contribution < -0.4 is 4.74 Å². The molecule has 1 N–H and O–H groups in total. The van der Waals surface area contributed by atoms with Crippen LogP contribution in [0.5, 0.6) is 11.5 Å². The van der Waals surface area contributed by atoms with E-state index in [0.29, 0.717) is 6.61 Å². The van der Waals surface area contributed by atoms with Gasteiger partial charge in [0.1, 0.15) is 18.1 Å². The number of rotatable bonds is 5. The summed E-state index contributed by atoms with van der Waals surface area (Å²) in [5, 5.41) is 10.0. The Bertz CT molecular complexity index is 834. The van der Waals surface area contributed by atoms with Gasteiger partial charge in [-0.3, -0.25) is 0 Å². The molecule has 0 aromatic heterocycles. The minimum Gasteiger partial charge on any atom is -0.508 e. The maximum atomic E-state index is 10.0. The number of phenols is 1. The quantitative estimate of drug-likeness (QED) is 0.653. The van der Waals surface area contributed by atoms with Gasteiger partial charge < -0.3 is 9.84 Å². The highest BCUT2D eigenvalue weighted by Crippen LogP contribution is 2.42. The number of fused-ring (bicyclic) bond motifs is 1. The molecule has 0 fully saturated rings. The lowest BCUT2D eigenvalue weighted by molar-refractivity contribution is 0.295. The number of halogens is 1. The zero-order valence-corrected chi connectivity index (χ0v) is 15.6. The van der Waals surface area contributed by atoms with Gasteiger partial charge in [0.15, 0.2) is 0 Å². The zero-order chi connectivity index (χ0) is 17.3. The molecule has 3 rings (SSSR count). The van der Waals surface area contributed by atoms with Crippen molar-refractivity contribution in [1.82, 2.24) is 0 Å². The van der Waals surface area contributed by atoms with Crippen LogP contribution in [-0.4, -0.2) is 5.11 Å². The Balaban J connectivity index is 1.86. The monoisotopic (exact) mass is 384 g/mol. The molecule has 124 valence electrons. The predicted molar refractivity (Wildman–Crippen MR) is 103 cm³/mol. The Morgan fingerprint density at radius 1 is 1.29 bits per heavy atom. The Morgan fingerprint density at radius 3 is 2.79 bits per heavy atom. The molecule has 2 aromatic carbocycles. The zero-order valence-electron chi connectivity index (χ0n) is 14.0. The van der Waals surface area contributed by atoms with E-state index < -0.39 is 0 Å². The van der Waals surface area contributed by atoms with Gasteiger partial charge in [-0.15, -0.1) is 6.58 Å². The molecule has 0 saturated heterocycles. The van der Waals surface area contributed by atoms with Crippen LogP contribution in [-0.2, 0) is 13.0 Å². The van der Waals surface area contributed by atoms with Gasteiger partial charge in [0.2, 0.25) is 0 Å². The first-order valence-electron chi connectivity index (χ1n) is 8.04. The van der Waals surface area contributed by atoms with Gasteiger partial charge >= 0.3 is 0 Å². The van der Waals surface area contributed by atoms with E-state index in [0.717, 1.165) is 39.8 Å². The fourth-order valence-electron chi connectivity index (χ4n) is 3.09. The van der Waals surface area contributed by atoms with Gasteiger partial charge in [-0.05, 0) is 82.6 Å². The number of benzene rings is 2. The van der Waals surface area contributed by atoms with Gasteiger partial charge in [-0.25, -0.2) is 0 Å². The summed E-state index contributed by atoms with van der Waals surface area (Å²) < 4.78 is 7.06. The number of hydrogen-bond donors (Lipinski definition) is 1. The van der Waals surface area contributed by atoms with Crippen LogP contribution >= 0.6 is 15.9 Å². The molecule has 0 saturated carbocycles. The Labute approximate surface area is 151 Å². The topological polar surface area (TPSA) is 29.5 Å². The number of aromatic hydroxyl groups is 1. The SMILES string of the molecule is C=CCC1=CCc2c1cc(C)c(OCc1ccc(C)cc1O)c2Br. The minimum atomic E-state index is 0.278. The first kappa shape index (κ1) is 16.8. The lowest BCUT2D eigenvalue weighted by Crippen LogP contribution is -2.01. The highest BCUT2D eigenvalue weighted by molar-refractivity contribution is 9.10. The second-order valence-electron chi connectivity index (χ2n) is 6.21. The van der Waals surface area contributed by atoms with Crippen molar-refractivity contribution >= 4 is 21.5 Å². The van der Waals surface area contributed by atoms with Crippen LogP contribution in [0.1, 0.15) is 34.2 Å². The first-order valence-corrected chi connectivity index (χ1v) is 8.84. The van der Waals surface area contributed by atoms with Crippen LogP contribution in [0.2, 0.25) is 0 Å². The highest BCUT2D eigenvalue weighted by Gasteiger charge is 2.21. The van der Waals surface area contributed by atoms with Crippen molar-refractivity contribution in [3.8, 4) is 11.5 Å². The van der Waals surface area contributed by atoms with Gasteiger partial charge in [0.25, 0.3) is 0 Å². The van der Waals surface area contributed by atoms with Gasteiger partial charge in [0.05, 0.1) is 4.47 Å². The molecule has 0 atom stereocenters. The van der Waals surface area contributed by atoms with Crippen LogP contribution in [0.4, 0.5) is 0 Å². The van der Waals surface area contributed by atoms with Crippen LogP contribution in [0.15, 0.2) is 47.5 Å². The van der Waals surface area contributed by atoms with Crippen LogP contribution in [0.3, 0.4) is 0 Å². The third kappa shape index (κ3) is 3.13. The predicted octanol–water partition coefficient (Wildman–Crippen LogP) is 5.87. The Kier molecular flexibility index (Phi) is 4.81. The summed E-state index contributed by atoms with van der Waals surface area (Å²) in [5.41, 5.74) is 6.78. The van der Waals surface area contributed by atoms with Gasteiger partial charge in [-0.2, -0.15) is 0 Å². The summed E-state index contributed by atoms with van der Waals surface area (Å²) in [6, 6.07) is 7.83. The summed E-state index contributed by atoms with van der Waals surface area (Å²) in [6.45, 7) is 8.19. The second kappa shape index (κ2) is 6.86. The van der Waals surface area contributed by atoms with Crippen molar-refractivity contribution < 1.29 is 9.84 Å². The molecule has 0 amide bonds. The number of allylic oxidation sites excluding steroid dienone is 3. The van der Waals surface area contributed by atoms with Crippen molar-refractivity contribution in [2.24, 2.45) is 0 Å². The average molecular weight is 385 g/mol. The van der Waals surface area contributed by atoms with Crippen molar-refractivity contribution in [1.29, 1.82) is 0 Å². The molecular weight excluding hydrogens is 364 g/mol. The molecule has 0 radical (unpaired) electrons. The van der Waals surface area contributed by atoms with Crippen molar-refractivity contribution in [3.63, 3.8) is 0 Å².